The molecule has 15 heteroatoms. The highest BCUT2D eigenvalue weighted by atomic mass is 16.7. The Morgan fingerprint density at radius 3 is 0.648 bits per heavy atom. The maximum Gasteiger partial charge on any atom is 0.308 e. The first kappa shape index (κ1) is 125. The molecule has 4 N–H and O–H groups in total. The summed E-state index contributed by atoms with van der Waals surface area (Å²) in [4.78, 5) is 21.3. The molecule has 0 aliphatic heterocycles. The minimum Gasteiger partial charge on any atom is -0.508 e. The van der Waals surface area contributed by atoms with Crippen LogP contribution in [0.4, 0.5) is 0 Å². The summed E-state index contributed by atoms with van der Waals surface area (Å²) in [5.41, 5.74) is 13.3. The lowest BCUT2D eigenvalue weighted by molar-refractivity contribution is -0.132. The number of aromatic hydroxyl groups is 4. The molecule has 12 atom stereocenters. The van der Waals surface area contributed by atoms with Crippen molar-refractivity contribution < 1.29 is 72.6 Å². The Hall–Kier alpha value is -10.6. The van der Waals surface area contributed by atoms with Crippen molar-refractivity contribution in [3.63, 3.8) is 0 Å². The lowest BCUT2D eigenvalue weighted by Crippen LogP contribution is -2.19. The minimum atomic E-state index is -0.304. The molecule has 0 saturated heterocycles. The van der Waals surface area contributed by atoms with E-state index in [0.717, 1.165) is 98.9 Å². The summed E-state index contributed by atoms with van der Waals surface area (Å²) in [7, 11) is 0. The van der Waals surface area contributed by atoms with Gasteiger partial charge in [-0.1, -0.05) is 329 Å². The Bertz CT molecular complexity index is 4560. The maximum atomic E-state index is 10.7. The zero-order valence-electron chi connectivity index (χ0n) is 93.2. The summed E-state index contributed by atoms with van der Waals surface area (Å²) in [5.74, 6) is 13.4. The fourth-order valence-corrected chi connectivity index (χ4v) is 17.1. The van der Waals surface area contributed by atoms with Gasteiger partial charge in [0.2, 0.25) is 0 Å². The number of hydrogen-bond donors (Lipinski definition) is 4. The van der Waals surface area contributed by atoms with Crippen LogP contribution in [-0.4, -0.2) is 77.7 Å². The quantitative estimate of drug-likeness (QED) is 0.0122. The van der Waals surface area contributed by atoms with Crippen LogP contribution in [-0.2, 0) is 23.8 Å². The first-order chi connectivity index (χ1) is 69.7. The van der Waals surface area contributed by atoms with Gasteiger partial charge in [-0.25, -0.2) is 0 Å². The third kappa shape index (κ3) is 52.0. The summed E-state index contributed by atoms with van der Waals surface area (Å²) in [6.07, 6.45) is 32.8. The van der Waals surface area contributed by atoms with Crippen LogP contribution < -0.4 is 28.4 Å². The van der Waals surface area contributed by atoms with Crippen molar-refractivity contribution in [1.82, 2.24) is 0 Å². The number of esters is 2. The van der Waals surface area contributed by atoms with E-state index in [1.807, 2.05) is 130 Å². The van der Waals surface area contributed by atoms with E-state index >= 15 is 0 Å². The van der Waals surface area contributed by atoms with E-state index in [1.165, 1.54) is 191 Å². The van der Waals surface area contributed by atoms with Crippen molar-refractivity contribution in [2.75, 3.05) is 26.4 Å². The number of carbonyl (C=O) groups excluding carboxylic acids is 2. The Morgan fingerprint density at radius 2 is 0.434 bits per heavy atom. The molecule has 0 spiro atoms. The van der Waals surface area contributed by atoms with E-state index in [1.54, 1.807) is 48.5 Å². The van der Waals surface area contributed by atoms with Gasteiger partial charge in [0.05, 0.1) is 19.8 Å². The fourth-order valence-electron chi connectivity index (χ4n) is 17.1. The highest BCUT2D eigenvalue weighted by molar-refractivity contribution is 5.69. The van der Waals surface area contributed by atoms with Gasteiger partial charge in [-0.05, 0) is 352 Å². The van der Waals surface area contributed by atoms with Crippen LogP contribution >= 0.6 is 0 Å². The summed E-state index contributed by atoms with van der Waals surface area (Å²) >= 11 is 0. The number of carbonyl (C=O) groups is 2. The summed E-state index contributed by atoms with van der Waals surface area (Å²) in [6, 6.07) is 78.9. The van der Waals surface area contributed by atoms with Crippen molar-refractivity contribution in [1.29, 1.82) is 0 Å². The van der Waals surface area contributed by atoms with Crippen LogP contribution in [0, 0.1) is 11.8 Å². The van der Waals surface area contributed by atoms with Gasteiger partial charge >= 0.3 is 11.9 Å². The van der Waals surface area contributed by atoms with Crippen LogP contribution in [0.5, 0.6) is 57.5 Å². The lowest BCUT2D eigenvalue weighted by atomic mass is 9.84. The lowest BCUT2D eigenvalue weighted by Gasteiger charge is -2.22. The van der Waals surface area contributed by atoms with E-state index in [2.05, 4.69) is 210 Å². The molecule has 0 amide bonds. The Labute approximate surface area is 877 Å². The van der Waals surface area contributed by atoms with Crippen LogP contribution in [0.15, 0.2) is 243 Å². The molecule has 3 saturated carbocycles. The molecular weight excluding hydrogens is 1800 g/mol. The van der Waals surface area contributed by atoms with Gasteiger partial charge in [-0.15, -0.1) is 0 Å². The van der Waals surface area contributed by atoms with E-state index in [9.17, 15) is 9.59 Å². The van der Waals surface area contributed by atoms with Gasteiger partial charge < -0.3 is 63.1 Å². The van der Waals surface area contributed by atoms with Gasteiger partial charge in [0.25, 0.3) is 0 Å². The summed E-state index contributed by atoms with van der Waals surface area (Å²) < 4.78 is 50.6. The van der Waals surface area contributed by atoms with Gasteiger partial charge in [0, 0.05) is 13.8 Å². The average molecular weight is 1990 g/mol. The molecule has 10 aromatic carbocycles. The third-order valence-corrected chi connectivity index (χ3v) is 28.9. The smallest absolute Gasteiger partial charge is 0.308 e. The number of benzene rings is 10. The Kier molecular flexibility index (Phi) is 62.6. The number of rotatable bonds is 40. The third-order valence-electron chi connectivity index (χ3n) is 28.9. The van der Waals surface area contributed by atoms with Crippen molar-refractivity contribution in [3.8, 4) is 57.5 Å². The standard InChI is InChI=1S/C26H36O3.2C20H32O2.2C12H16O2.4C10H14O/c1-4-20(2)22-10-16-26(17-11-22)29-21(3)27-18-19-28-25-14-12-24(13-15-25)23-8-6-5-7-9-23;2*1-4-16(2)19-10-12-20(13-11-19)22-17(3)21-15-14-18-8-6-5-7-9-18;2*1-4-9(2)11-5-7-12(8-6-11)14-10(3)13;4*1-3-8(2)9-4-6-10(11)7-5-9/h10-17,20-21,23H,4-9,18-19H2,1-3H3;2*10-13,16-18H,4-9,14-15H2,1-3H3;2*5-9H,4H2,1-3H3;4*4-8,11H,3H2,1-2H3. The second-order valence-electron chi connectivity index (χ2n) is 40.2. The first-order valence-electron chi connectivity index (χ1n) is 55.3. The zero-order valence-corrected chi connectivity index (χ0v) is 93.2. The normalized spacial score (nSPS) is 15.4. The molecule has 13 rings (SSSR count). The predicted molar refractivity (Wildman–Crippen MR) is 604 cm³/mol. The van der Waals surface area contributed by atoms with E-state index in [0.29, 0.717) is 101 Å². The molecule has 12 unspecified atom stereocenters. The molecule has 3 fully saturated rings. The molecule has 3 aliphatic carbocycles. The molecule has 10 aromatic rings. The average Bonchev–Trinajstić information content (AvgIpc) is 0.873. The van der Waals surface area contributed by atoms with Crippen molar-refractivity contribution in [2.45, 2.75) is 404 Å². The topological polar surface area (TPSA) is 198 Å². The molecule has 0 radical (unpaired) electrons. The molecule has 15 nitrogen and oxygen atoms in total. The minimum absolute atomic E-state index is 0.168. The van der Waals surface area contributed by atoms with Crippen molar-refractivity contribution >= 4 is 11.9 Å². The number of hydrogen-bond acceptors (Lipinski definition) is 15. The molecule has 145 heavy (non-hydrogen) atoms. The Balaban J connectivity index is 0.000000294. The molecule has 0 aromatic heterocycles. The van der Waals surface area contributed by atoms with Gasteiger partial charge in [-0.2, -0.15) is 0 Å². The molecular formula is C130H188O15. The van der Waals surface area contributed by atoms with Crippen LogP contribution in [0.2, 0.25) is 0 Å². The van der Waals surface area contributed by atoms with Crippen LogP contribution in [0.1, 0.15) is 441 Å². The molecule has 3 aliphatic rings. The number of phenolic OH excluding ortho intramolecular Hbond substituents is 4. The highest BCUT2D eigenvalue weighted by Crippen LogP contribution is 2.36. The van der Waals surface area contributed by atoms with E-state index < -0.39 is 0 Å². The molecule has 0 heterocycles. The Morgan fingerprint density at radius 1 is 0.241 bits per heavy atom. The zero-order chi connectivity index (χ0) is 106. The molecule has 0 bridgehead atoms. The predicted octanol–water partition coefficient (Wildman–Crippen LogP) is 36.8. The largest absolute Gasteiger partial charge is 0.508 e. The first-order valence-corrected chi connectivity index (χ1v) is 55.3. The van der Waals surface area contributed by atoms with Crippen molar-refractivity contribution in [2.24, 2.45) is 11.8 Å². The van der Waals surface area contributed by atoms with E-state index in [-0.39, 0.29) is 30.8 Å². The van der Waals surface area contributed by atoms with E-state index in [4.69, 9.17) is 63.1 Å². The van der Waals surface area contributed by atoms with Gasteiger partial charge in [-0.3, -0.25) is 9.59 Å². The highest BCUT2D eigenvalue weighted by Gasteiger charge is 2.20. The SMILES string of the molecule is CCC(C)c1ccc(O)cc1.CCC(C)c1ccc(O)cc1.CCC(C)c1ccc(O)cc1.CCC(C)c1ccc(O)cc1.CCC(C)c1ccc(OC(C)=O)cc1.CCC(C)c1ccc(OC(C)=O)cc1.CCC(C)c1ccc(OC(C)OCCC2CCCCC2)cc1.CCC(C)c1ccc(OC(C)OCCC2CCCCC2)cc1.CCC(C)c1ccc(OC(C)OCCOc2ccc(C3CCCCC3)cc2)cc1. The summed E-state index contributed by atoms with van der Waals surface area (Å²) in [5, 5.41) is 36.0. The number of ether oxygens (including phenoxy) is 9. The van der Waals surface area contributed by atoms with Gasteiger partial charge in [0.1, 0.15) is 64.1 Å². The summed E-state index contributed by atoms with van der Waals surface area (Å²) in [6.45, 7) is 50.8. The second kappa shape index (κ2) is 72.7. The number of phenols is 4. The van der Waals surface area contributed by atoms with Crippen molar-refractivity contribution in [3.05, 3.63) is 298 Å². The van der Waals surface area contributed by atoms with Crippen LogP contribution in [0.3, 0.4) is 0 Å². The monoisotopic (exact) mass is 1990 g/mol. The second-order valence-corrected chi connectivity index (χ2v) is 40.2. The fraction of sp³-hybridized carbons (Fsp3) is 0.523. The van der Waals surface area contributed by atoms with Gasteiger partial charge in [0.15, 0.2) is 18.9 Å². The molecule has 798 valence electrons. The maximum absolute atomic E-state index is 10.7. The van der Waals surface area contributed by atoms with Crippen LogP contribution in [0.25, 0.3) is 0 Å².